The van der Waals surface area contributed by atoms with Crippen LogP contribution in [0.5, 0.6) is 0 Å². The molecule has 2 heterocycles. The number of hydrogen-bond donors (Lipinski definition) is 1. The van der Waals surface area contributed by atoms with Crippen molar-refractivity contribution in [2.75, 3.05) is 6.54 Å². The number of aromatic nitrogens is 1. The molecule has 0 saturated heterocycles. The first-order valence-corrected chi connectivity index (χ1v) is 7.60. The molecule has 0 aliphatic carbocycles. The predicted molar refractivity (Wildman–Crippen MR) is 85.0 cm³/mol. The van der Waals surface area contributed by atoms with E-state index in [0.717, 1.165) is 24.5 Å². The molecule has 0 fully saturated rings. The molecule has 0 aliphatic rings. The van der Waals surface area contributed by atoms with Crippen molar-refractivity contribution in [1.29, 1.82) is 0 Å². The Bertz CT molecular complexity index is 608. The molecule has 0 amide bonds. The van der Waals surface area contributed by atoms with Gasteiger partial charge in [0.15, 0.2) is 0 Å². The van der Waals surface area contributed by atoms with Gasteiger partial charge in [-0.2, -0.15) is 0 Å². The van der Waals surface area contributed by atoms with E-state index in [1.807, 2.05) is 30.6 Å². The van der Waals surface area contributed by atoms with E-state index in [1.165, 1.54) is 16.5 Å². The number of carbonyl (C=O) groups is 1. The zero-order valence-corrected chi connectivity index (χ0v) is 12.7. The van der Waals surface area contributed by atoms with Gasteiger partial charge in [-0.25, -0.2) is 4.79 Å². The molecule has 0 radical (unpaired) electrons. The van der Waals surface area contributed by atoms with Crippen LogP contribution >= 0.6 is 11.3 Å². The minimum atomic E-state index is -0.919. The van der Waals surface area contributed by atoms with Crippen molar-refractivity contribution in [3.05, 3.63) is 58.1 Å². The standard InChI is InChI=1S/C16H18N2O2S/c1-2-18(11-13-7-9-17-10-8-13)12-15-4-3-14(21-15)5-6-16(19)20/h3-10H,2,11-12H2,1H3,(H,19,20). The van der Waals surface area contributed by atoms with E-state index in [4.69, 9.17) is 5.11 Å². The van der Waals surface area contributed by atoms with Crippen molar-refractivity contribution in [2.45, 2.75) is 20.0 Å². The van der Waals surface area contributed by atoms with Crippen molar-refractivity contribution in [1.82, 2.24) is 9.88 Å². The third kappa shape index (κ3) is 5.13. The number of carboxylic acid groups (broad SMARTS) is 1. The number of aliphatic carboxylic acids is 1. The zero-order chi connectivity index (χ0) is 15.1. The maximum Gasteiger partial charge on any atom is 0.328 e. The molecule has 4 nitrogen and oxygen atoms in total. The average Bonchev–Trinajstić information content (AvgIpc) is 2.93. The molecule has 0 spiro atoms. The van der Waals surface area contributed by atoms with Crippen LogP contribution in [0.2, 0.25) is 0 Å². The molecular formula is C16H18N2O2S. The van der Waals surface area contributed by atoms with Crippen LogP contribution in [-0.2, 0) is 17.9 Å². The molecular weight excluding hydrogens is 284 g/mol. The summed E-state index contributed by atoms with van der Waals surface area (Å²) in [6, 6.07) is 8.07. The number of nitrogens with zero attached hydrogens (tertiary/aromatic N) is 2. The Labute approximate surface area is 128 Å². The van der Waals surface area contributed by atoms with E-state index in [1.54, 1.807) is 17.4 Å². The van der Waals surface area contributed by atoms with E-state index in [9.17, 15) is 4.79 Å². The maximum absolute atomic E-state index is 10.5. The van der Waals surface area contributed by atoms with Crippen molar-refractivity contribution in [3.8, 4) is 0 Å². The lowest BCUT2D eigenvalue weighted by Crippen LogP contribution is -2.21. The molecule has 2 rings (SSSR count). The molecule has 0 atom stereocenters. The summed E-state index contributed by atoms with van der Waals surface area (Å²) in [6.07, 6.45) is 6.42. The first kappa shape index (κ1) is 15.4. The first-order chi connectivity index (χ1) is 10.2. The van der Waals surface area contributed by atoms with Crippen molar-refractivity contribution >= 4 is 23.4 Å². The predicted octanol–water partition coefficient (Wildman–Crippen LogP) is 3.26. The minimum Gasteiger partial charge on any atom is -0.478 e. The molecule has 0 bridgehead atoms. The molecule has 110 valence electrons. The van der Waals surface area contributed by atoms with Crippen LogP contribution in [0.4, 0.5) is 0 Å². The summed E-state index contributed by atoms with van der Waals surface area (Å²) < 4.78 is 0. The fraction of sp³-hybridized carbons (Fsp3) is 0.250. The van der Waals surface area contributed by atoms with E-state index < -0.39 is 5.97 Å². The summed E-state index contributed by atoms with van der Waals surface area (Å²) in [6.45, 7) is 4.85. The van der Waals surface area contributed by atoms with Crippen LogP contribution in [0.15, 0.2) is 42.7 Å². The molecule has 0 saturated carbocycles. The van der Waals surface area contributed by atoms with E-state index in [2.05, 4.69) is 22.9 Å². The highest BCUT2D eigenvalue weighted by molar-refractivity contribution is 7.12. The third-order valence-electron chi connectivity index (χ3n) is 3.05. The second kappa shape index (κ2) is 7.71. The van der Waals surface area contributed by atoms with Gasteiger partial charge in [0, 0.05) is 41.3 Å². The highest BCUT2D eigenvalue weighted by Crippen LogP contribution is 2.20. The quantitative estimate of drug-likeness (QED) is 0.798. The number of rotatable bonds is 7. The molecule has 21 heavy (non-hydrogen) atoms. The van der Waals surface area contributed by atoms with Gasteiger partial charge in [0.1, 0.15) is 0 Å². The topological polar surface area (TPSA) is 53.4 Å². The van der Waals surface area contributed by atoms with Gasteiger partial charge in [-0.1, -0.05) is 6.92 Å². The van der Waals surface area contributed by atoms with Gasteiger partial charge in [-0.05, 0) is 42.4 Å². The van der Waals surface area contributed by atoms with Crippen LogP contribution in [-0.4, -0.2) is 27.5 Å². The second-order valence-electron chi connectivity index (χ2n) is 4.63. The molecule has 0 aromatic carbocycles. The number of hydrogen-bond acceptors (Lipinski definition) is 4. The normalized spacial score (nSPS) is 11.3. The fourth-order valence-corrected chi connectivity index (χ4v) is 2.93. The monoisotopic (exact) mass is 302 g/mol. The lowest BCUT2D eigenvalue weighted by atomic mass is 10.2. The summed E-state index contributed by atoms with van der Waals surface area (Å²) in [7, 11) is 0. The van der Waals surface area contributed by atoms with Gasteiger partial charge in [0.25, 0.3) is 0 Å². The fourth-order valence-electron chi connectivity index (χ4n) is 1.97. The maximum atomic E-state index is 10.5. The van der Waals surface area contributed by atoms with Crippen molar-refractivity contribution < 1.29 is 9.90 Å². The second-order valence-corrected chi connectivity index (χ2v) is 5.83. The Hall–Kier alpha value is -1.98. The summed E-state index contributed by atoms with van der Waals surface area (Å²) in [5.41, 5.74) is 1.24. The van der Waals surface area contributed by atoms with E-state index in [-0.39, 0.29) is 0 Å². The van der Waals surface area contributed by atoms with E-state index >= 15 is 0 Å². The molecule has 2 aromatic heterocycles. The highest BCUT2D eigenvalue weighted by atomic mass is 32.1. The summed E-state index contributed by atoms with van der Waals surface area (Å²) in [5.74, 6) is -0.919. The Morgan fingerprint density at radius 3 is 2.71 bits per heavy atom. The molecule has 1 N–H and O–H groups in total. The first-order valence-electron chi connectivity index (χ1n) is 6.78. The highest BCUT2D eigenvalue weighted by Gasteiger charge is 2.07. The summed E-state index contributed by atoms with van der Waals surface area (Å²) in [5, 5.41) is 8.63. The Kier molecular flexibility index (Phi) is 5.66. The number of carboxylic acids is 1. The smallest absolute Gasteiger partial charge is 0.328 e. The molecule has 0 aliphatic heterocycles. The van der Waals surface area contributed by atoms with Crippen molar-refractivity contribution in [3.63, 3.8) is 0 Å². The molecule has 2 aromatic rings. The Morgan fingerprint density at radius 1 is 1.29 bits per heavy atom. The van der Waals surface area contributed by atoms with Crippen LogP contribution in [0.1, 0.15) is 22.2 Å². The minimum absolute atomic E-state index is 0.865. The Morgan fingerprint density at radius 2 is 2.05 bits per heavy atom. The zero-order valence-electron chi connectivity index (χ0n) is 11.9. The lowest BCUT2D eigenvalue weighted by Gasteiger charge is -2.19. The van der Waals surface area contributed by atoms with Gasteiger partial charge in [0.05, 0.1) is 0 Å². The van der Waals surface area contributed by atoms with Crippen LogP contribution in [0.3, 0.4) is 0 Å². The van der Waals surface area contributed by atoms with Crippen molar-refractivity contribution in [2.24, 2.45) is 0 Å². The van der Waals surface area contributed by atoms with Gasteiger partial charge in [0.2, 0.25) is 0 Å². The van der Waals surface area contributed by atoms with Crippen LogP contribution < -0.4 is 0 Å². The largest absolute Gasteiger partial charge is 0.478 e. The van der Waals surface area contributed by atoms with Crippen LogP contribution in [0.25, 0.3) is 6.08 Å². The summed E-state index contributed by atoms with van der Waals surface area (Å²) >= 11 is 1.62. The number of thiophene rings is 1. The number of pyridine rings is 1. The summed E-state index contributed by atoms with van der Waals surface area (Å²) in [4.78, 5) is 19.1. The van der Waals surface area contributed by atoms with Gasteiger partial charge >= 0.3 is 5.97 Å². The molecule has 0 unspecified atom stereocenters. The van der Waals surface area contributed by atoms with Gasteiger partial charge in [-0.15, -0.1) is 11.3 Å². The van der Waals surface area contributed by atoms with Crippen LogP contribution in [0, 0.1) is 0 Å². The third-order valence-corrected chi connectivity index (χ3v) is 4.09. The van der Waals surface area contributed by atoms with E-state index in [0.29, 0.717) is 0 Å². The average molecular weight is 302 g/mol. The lowest BCUT2D eigenvalue weighted by molar-refractivity contribution is -0.131. The molecule has 5 heteroatoms. The van der Waals surface area contributed by atoms with Gasteiger partial charge in [-0.3, -0.25) is 9.88 Å². The SMILES string of the molecule is CCN(Cc1ccncc1)Cc1ccc(C=CC(=O)O)s1. The van der Waals surface area contributed by atoms with Gasteiger partial charge < -0.3 is 5.11 Å². The Balaban J connectivity index is 1.97.